The number of nitrogens with zero attached hydrogens (tertiary/aromatic N) is 5. The Kier molecular flexibility index (Phi) is 26.8. The number of carboxylic acids is 4. The lowest BCUT2D eigenvalue weighted by Crippen LogP contribution is -2.79. The molecule has 2 aromatic rings. The standard InChI is InChI=1S/C42H65N9O14P/c43-47-34(31-65-35-8-6-33(7-9-35)41(66(61)62)46-26-32-4-2-1-3-5-32)27-44-12-22-63-24-25-64-23-13-45-37(52)11-10-36(42(59)60)51-20-18-49(29-39(55)56)16-14-48(28-38(53)54)15-17-50(19-21-51)30-40(57)58/h1-9,27,36,41,44,46,61-62H,10-26,28-31,43H2,(H,45,52)(H,53,54)(H,55,56)(H,57,58)(H,59,60)/q-1/p+1/b34-27-. The fraction of sp³-hybridized carbons (Fsp3) is 0.548. The van der Waals surface area contributed by atoms with Crippen LogP contribution in [0.25, 0.3) is 5.43 Å². The Bertz CT molecular complexity index is 1750. The van der Waals surface area contributed by atoms with Gasteiger partial charge in [-0.2, -0.15) is 0 Å². The summed E-state index contributed by atoms with van der Waals surface area (Å²) in [6, 6.07) is 15.6. The van der Waals surface area contributed by atoms with Crippen molar-refractivity contribution >= 4 is 38.2 Å². The first-order valence-electron chi connectivity index (χ1n) is 21.6. The molecule has 24 heteroatoms. The van der Waals surface area contributed by atoms with E-state index in [9.17, 15) is 54.2 Å². The van der Waals surface area contributed by atoms with Crippen LogP contribution in [0.15, 0.2) is 66.5 Å². The van der Waals surface area contributed by atoms with E-state index in [-0.39, 0.29) is 117 Å². The highest BCUT2D eigenvalue weighted by Gasteiger charge is 2.29. The molecule has 23 nitrogen and oxygen atoms in total. The first-order chi connectivity index (χ1) is 31.7. The predicted octanol–water partition coefficient (Wildman–Crippen LogP) is -1.34. The molecule has 1 saturated heterocycles. The average molecular weight is 952 g/mol. The number of hydrogen-bond donors (Lipinski definition) is 10. The van der Waals surface area contributed by atoms with Crippen LogP contribution in [0.4, 0.5) is 0 Å². The number of carbonyl (C=O) groups is 5. The van der Waals surface area contributed by atoms with Gasteiger partial charge in [0.2, 0.25) is 5.91 Å². The van der Waals surface area contributed by atoms with Gasteiger partial charge in [-0.05, 0) is 29.7 Å². The zero-order chi connectivity index (χ0) is 48.1. The number of benzene rings is 2. The van der Waals surface area contributed by atoms with Crippen LogP contribution in [0.1, 0.15) is 29.8 Å². The van der Waals surface area contributed by atoms with Crippen LogP contribution in [0.3, 0.4) is 0 Å². The third-order valence-electron chi connectivity index (χ3n) is 10.3. The Morgan fingerprint density at radius 2 is 1.30 bits per heavy atom. The van der Waals surface area contributed by atoms with Crippen LogP contribution in [0.2, 0.25) is 0 Å². The molecule has 0 saturated carbocycles. The summed E-state index contributed by atoms with van der Waals surface area (Å²) in [5.41, 5.74) is 6.00. The lowest BCUT2D eigenvalue weighted by atomic mass is 10.1. The maximum Gasteiger partial charge on any atom is 0.320 e. The summed E-state index contributed by atoms with van der Waals surface area (Å²) in [6.07, 6.45) is 1.56. The Morgan fingerprint density at radius 3 is 1.82 bits per heavy atom. The van der Waals surface area contributed by atoms with Gasteiger partial charge >= 0.3 is 23.9 Å². The van der Waals surface area contributed by atoms with Gasteiger partial charge in [-0.3, -0.25) is 48.9 Å². The van der Waals surface area contributed by atoms with E-state index in [1.54, 1.807) is 50.1 Å². The maximum absolute atomic E-state index is 12.7. The van der Waals surface area contributed by atoms with E-state index in [0.29, 0.717) is 43.3 Å². The first kappa shape index (κ1) is 55.4. The van der Waals surface area contributed by atoms with Crippen LogP contribution < -0.4 is 26.5 Å². The molecule has 1 aliphatic rings. The lowest BCUT2D eigenvalue weighted by molar-refractivity contribution is -0.590. The minimum atomic E-state index is -2.28. The molecule has 0 aliphatic carbocycles. The zero-order valence-electron chi connectivity index (χ0n) is 37.1. The molecule has 0 spiro atoms. The van der Waals surface area contributed by atoms with Crippen LogP contribution in [0.5, 0.6) is 5.75 Å². The quantitative estimate of drug-likeness (QED) is 0.0188. The van der Waals surface area contributed by atoms with Crippen molar-refractivity contribution in [2.45, 2.75) is 31.2 Å². The Hall–Kier alpha value is -4.88. The van der Waals surface area contributed by atoms with Gasteiger partial charge in [0.1, 0.15) is 24.1 Å². The third kappa shape index (κ3) is 23.5. The van der Waals surface area contributed by atoms with E-state index < -0.39 is 44.1 Å². The molecule has 66 heavy (non-hydrogen) atoms. The van der Waals surface area contributed by atoms with E-state index in [1.807, 2.05) is 35.6 Å². The summed E-state index contributed by atoms with van der Waals surface area (Å²) in [5, 5.41) is 46.2. The Balaban J connectivity index is 1.33. The summed E-state index contributed by atoms with van der Waals surface area (Å²) in [5.74, 6) is 0.641. The number of quaternary nitrogens is 1. The highest BCUT2D eigenvalue weighted by molar-refractivity contribution is 7.45. The molecule has 0 radical (unpaired) electrons. The average Bonchev–Trinajstić information content (AvgIpc) is 3.27. The van der Waals surface area contributed by atoms with Gasteiger partial charge in [-0.25, -0.2) is 0 Å². The second-order valence-electron chi connectivity index (χ2n) is 15.3. The smallest absolute Gasteiger partial charge is 0.320 e. The van der Waals surface area contributed by atoms with Crippen molar-refractivity contribution < 1.29 is 73.7 Å². The largest absolute Gasteiger partial charge is 0.622 e. The van der Waals surface area contributed by atoms with E-state index in [1.165, 1.54) is 0 Å². The van der Waals surface area contributed by atoms with Crippen molar-refractivity contribution in [2.75, 3.05) is 118 Å². The number of rotatable bonds is 30. The molecule has 0 aromatic heterocycles. The summed E-state index contributed by atoms with van der Waals surface area (Å²) in [6.45, 7) is 2.84. The van der Waals surface area contributed by atoms with Gasteiger partial charge in [-0.15, -0.1) is 0 Å². The highest BCUT2D eigenvalue weighted by Crippen LogP contribution is 2.42. The molecule has 2 aromatic carbocycles. The second kappa shape index (κ2) is 31.9. The molecule has 2 unspecified atom stereocenters. The molecule has 0 bridgehead atoms. The van der Waals surface area contributed by atoms with Crippen LogP contribution in [-0.2, 0) is 40.0 Å². The van der Waals surface area contributed by atoms with Gasteiger partial charge in [-0.1, -0.05) is 48.2 Å². The Labute approximate surface area is 385 Å². The predicted molar refractivity (Wildman–Crippen MR) is 241 cm³/mol. The number of amides is 1. The number of nitrogens with one attached hydrogen (secondary N) is 2. The van der Waals surface area contributed by atoms with Gasteiger partial charge in [0.25, 0.3) is 0 Å². The third-order valence-corrected chi connectivity index (χ3v) is 11.3. The fourth-order valence-corrected chi connectivity index (χ4v) is 7.55. The summed E-state index contributed by atoms with van der Waals surface area (Å²) < 4.78 is 17.0. The van der Waals surface area contributed by atoms with Crippen molar-refractivity contribution in [1.82, 2.24) is 30.2 Å². The van der Waals surface area contributed by atoms with Crippen molar-refractivity contribution in [3.8, 4) is 5.75 Å². The summed E-state index contributed by atoms with van der Waals surface area (Å²) in [7, 11) is -2.28. The summed E-state index contributed by atoms with van der Waals surface area (Å²) >= 11 is 0. The number of aliphatic carboxylic acids is 4. The fourth-order valence-electron chi connectivity index (χ4n) is 6.86. The lowest BCUT2D eigenvalue weighted by Gasteiger charge is -2.35. The van der Waals surface area contributed by atoms with Crippen LogP contribution in [0, 0.1) is 0 Å². The summed E-state index contributed by atoms with van der Waals surface area (Å²) in [4.78, 5) is 86.2. The van der Waals surface area contributed by atoms with E-state index in [2.05, 4.69) is 16.1 Å². The number of hydrogen-bond acceptors (Lipinski definition) is 16. The molecule has 1 aliphatic heterocycles. The minimum Gasteiger partial charge on any atom is -0.622 e. The van der Waals surface area contributed by atoms with E-state index in [4.69, 9.17) is 20.1 Å². The number of carboxylic acid groups (broad SMARTS) is 4. The second-order valence-corrected chi connectivity index (χ2v) is 16.4. The molecule has 368 valence electrons. The monoisotopic (exact) mass is 951 g/mol. The minimum absolute atomic E-state index is 0.0539. The van der Waals surface area contributed by atoms with Gasteiger partial charge < -0.3 is 66.3 Å². The maximum atomic E-state index is 12.7. The first-order valence-corrected chi connectivity index (χ1v) is 22.9. The SMILES string of the molecule is N[N-]/C(=C\[NH2+]CCOCCOCCNC(=O)CCC(C(=O)O)N1CCN(CC(=O)O)CCN(CC(=O)O)CCN(CC(=O)O)CC1)COc1ccc(C(NCc2ccccc2)P(O)O)cc1. The number of nitrogens with two attached hydrogens (primary N) is 2. The van der Waals surface area contributed by atoms with E-state index >= 15 is 0 Å². The van der Waals surface area contributed by atoms with E-state index in [0.717, 1.165) is 5.56 Å². The van der Waals surface area contributed by atoms with Crippen molar-refractivity contribution in [3.63, 3.8) is 0 Å². The highest BCUT2D eigenvalue weighted by atomic mass is 31.2. The van der Waals surface area contributed by atoms with Crippen molar-refractivity contribution in [2.24, 2.45) is 5.84 Å². The molecule has 1 amide bonds. The van der Waals surface area contributed by atoms with Crippen LogP contribution >= 0.6 is 8.38 Å². The van der Waals surface area contributed by atoms with Crippen molar-refractivity contribution in [1.29, 1.82) is 0 Å². The molecule has 3 rings (SSSR count). The molecule has 1 fully saturated rings. The molecule has 1 heterocycles. The molecule has 12 N–H and O–H groups in total. The molecular weight excluding hydrogens is 885 g/mol. The van der Waals surface area contributed by atoms with Crippen molar-refractivity contribution in [3.05, 3.63) is 83.0 Å². The normalized spacial score (nSPS) is 16.2. The Morgan fingerprint density at radius 1 is 0.758 bits per heavy atom. The zero-order valence-corrected chi connectivity index (χ0v) is 38.0. The number of carbonyl (C=O) groups excluding carboxylic acids is 1. The molecule has 2 atom stereocenters. The van der Waals surface area contributed by atoms with Gasteiger partial charge in [0.15, 0.2) is 8.38 Å². The topological polar surface area (TPSA) is 328 Å². The van der Waals surface area contributed by atoms with Crippen LogP contribution in [-0.4, -0.2) is 204 Å². The van der Waals surface area contributed by atoms with Gasteiger partial charge in [0, 0.05) is 71.9 Å². The van der Waals surface area contributed by atoms with Gasteiger partial charge in [0.05, 0.1) is 58.9 Å². The number of ether oxygens (including phenoxy) is 3. The molecular formula is C42H66N9O14P.